The van der Waals surface area contributed by atoms with E-state index < -0.39 is 18.0 Å². The predicted molar refractivity (Wildman–Crippen MR) is 32.8 cm³/mol. The Balaban J connectivity index is 3.49. The van der Waals surface area contributed by atoms with Gasteiger partial charge < -0.3 is 15.5 Å². The second kappa shape index (κ2) is 3.71. The third-order valence-corrected chi connectivity index (χ3v) is 0.981. The number of hydrogen-bond donors (Lipinski definition) is 3. The number of nitrogens with one attached hydrogen (secondary N) is 1. The molecule has 0 aliphatic rings. The SMILES string of the molecule is C[C@@H](CNC(=O)O)C(=O)O. The standard InChI is InChI=1S/C5H9NO4/c1-3(4(7)8)2-6-5(9)10/h3,6H,2H2,1H3,(H,7,8)(H,9,10)/t3-/m0/s1. The predicted octanol–water partition coefficient (Wildman–Crippen LogP) is -0.0253. The summed E-state index contributed by atoms with van der Waals surface area (Å²) in [6, 6.07) is 0. The Bertz CT molecular complexity index is 145. The van der Waals surface area contributed by atoms with E-state index >= 15 is 0 Å². The van der Waals surface area contributed by atoms with E-state index in [9.17, 15) is 9.59 Å². The van der Waals surface area contributed by atoms with Crippen molar-refractivity contribution < 1.29 is 19.8 Å². The molecule has 0 heterocycles. The van der Waals surface area contributed by atoms with Gasteiger partial charge in [-0.05, 0) is 0 Å². The second-order valence-corrected chi connectivity index (χ2v) is 1.93. The maximum Gasteiger partial charge on any atom is 0.404 e. The molecule has 10 heavy (non-hydrogen) atoms. The molecule has 0 aromatic rings. The fourth-order valence-electron chi connectivity index (χ4n) is 0.328. The molecule has 58 valence electrons. The Hall–Kier alpha value is -1.26. The molecule has 5 nitrogen and oxygen atoms in total. The van der Waals surface area contributed by atoms with Gasteiger partial charge in [0.1, 0.15) is 0 Å². The molecule has 0 saturated heterocycles. The van der Waals surface area contributed by atoms with E-state index in [0.29, 0.717) is 0 Å². The van der Waals surface area contributed by atoms with Crippen molar-refractivity contribution in [2.24, 2.45) is 5.92 Å². The molecule has 0 radical (unpaired) electrons. The first-order valence-corrected chi connectivity index (χ1v) is 2.73. The summed E-state index contributed by atoms with van der Waals surface area (Å²) in [5.74, 6) is -1.68. The highest BCUT2D eigenvalue weighted by molar-refractivity contribution is 5.71. The van der Waals surface area contributed by atoms with Gasteiger partial charge in [-0.15, -0.1) is 0 Å². The highest BCUT2D eigenvalue weighted by atomic mass is 16.4. The lowest BCUT2D eigenvalue weighted by molar-refractivity contribution is -0.140. The van der Waals surface area contributed by atoms with Crippen LogP contribution in [-0.2, 0) is 4.79 Å². The summed E-state index contributed by atoms with van der Waals surface area (Å²) in [4.78, 5) is 19.9. The molecule has 0 spiro atoms. The summed E-state index contributed by atoms with van der Waals surface area (Å²) >= 11 is 0. The normalized spacial score (nSPS) is 12.1. The fraction of sp³-hybridized carbons (Fsp3) is 0.600. The highest BCUT2D eigenvalue weighted by Crippen LogP contribution is 1.90. The molecule has 3 N–H and O–H groups in total. The van der Waals surface area contributed by atoms with Crippen LogP contribution < -0.4 is 5.32 Å². The molecule has 5 heteroatoms. The van der Waals surface area contributed by atoms with Crippen molar-refractivity contribution in [2.45, 2.75) is 6.92 Å². The van der Waals surface area contributed by atoms with Gasteiger partial charge in [0.15, 0.2) is 0 Å². The molecule has 0 rings (SSSR count). The van der Waals surface area contributed by atoms with Crippen molar-refractivity contribution in [2.75, 3.05) is 6.54 Å². The maximum absolute atomic E-state index is 10.1. The Morgan fingerprint density at radius 1 is 1.50 bits per heavy atom. The topological polar surface area (TPSA) is 86.6 Å². The number of carbonyl (C=O) groups is 2. The minimum Gasteiger partial charge on any atom is -0.481 e. The Labute approximate surface area is 57.7 Å². The minimum atomic E-state index is -1.20. The Morgan fingerprint density at radius 2 is 2.00 bits per heavy atom. The largest absolute Gasteiger partial charge is 0.481 e. The molecule has 0 saturated carbocycles. The molecule has 0 aliphatic carbocycles. The van der Waals surface area contributed by atoms with Crippen LogP contribution in [0, 0.1) is 5.92 Å². The van der Waals surface area contributed by atoms with E-state index in [1.54, 1.807) is 0 Å². The summed E-state index contributed by atoms with van der Waals surface area (Å²) in [6.45, 7) is 1.38. The smallest absolute Gasteiger partial charge is 0.404 e. The van der Waals surface area contributed by atoms with Gasteiger partial charge in [0.25, 0.3) is 0 Å². The van der Waals surface area contributed by atoms with Gasteiger partial charge in [0, 0.05) is 6.54 Å². The molecular weight excluding hydrogens is 138 g/mol. The van der Waals surface area contributed by atoms with E-state index in [0.717, 1.165) is 0 Å². The molecule has 0 aliphatic heterocycles. The second-order valence-electron chi connectivity index (χ2n) is 1.93. The zero-order valence-corrected chi connectivity index (χ0v) is 5.50. The first-order chi connectivity index (χ1) is 4.54. The molecular formula is C5H9NO4. The van der Waals surface area contributed by atoms with Crippen molar-refractivity contribution in [1.29, 1.82) is 0 Å². The quantitative estimate of drug-likeness (QED) is 0.523. The number of amides is 1. The van der Waals surface area contributed by atoms with Crippen LogP contribution in [0.1, 0.15) is 6.92 Å². The number of aliphatic carboxylic acids is 1. The minimum absolute atomic E-state index is 0.0509. The van der Waals surface area contributed by atoms with Crippen LogP contribution in [0.5, 0.6) is 0 Å². The number of rotatable bonds is 3. The van der Waals surface area contributed by atoms with Crippen molar-refractivity contribution in [3.63, 3.8) is 0 Å². The average molecular weight is 147 g/mol. The van der Waals surface area contributed by atoms with Crippen LogP contribution in [0.3, 0.4) is 0 Å². The lowest BCUT2D eigenvalue weighted by atomic mass is 10.2. The van der Waals surface area contributed by atoms with Gasteiger partial charge >= 0.3 is 12.1 Å². The number of carboxylic acid groups (broad SMARTS) is 2. The van der Waals surface area contributed by atoms with Gasteiger partial charge in [-0.3, -0.25) is 4.79 Å². The van der Waals surface area contributed by atoms with E-state index in [4.69, 9.17) is 10.2 Å². The van der Waals surface area contributed by atoms with Crippen molar-refractivity contribution in [1.82, 2.24) is 5.32 Å². The van der Waals surface area contributed by atoms with E-state index in [1.807, 2.05) is 5.32 Å². The third kappa shape index (κ3) is 3.71. The van der Waals surface area contributed by atoms with Gasteiger partial charge in [0.05, 0.1) is 5.92 Å². The van der Waals surface area contributed by atoms with Crippen LogP contribution in [0.2, 0.25) is 0 Å². The van der Waals surface area contributed by atoms with E-state index in [-0.39, 0.29) is 6.54 Å². The average Bonchev–Trinajstić information content (AvgIpc) is 1.82. The summed E-state index contributed by atoms with van der Waals surface area (Å²) in [5.41, 5.74) is 0. The van der Waals surface area contributed by atoms with Crippen molar-refractivity contribution in [3.8, 4) is 0 Å². The molecule has 1 amide bonds. The molecule has 0 fully saturated rings. The molecule has 0 aromatic heterocycles. The van der Waals surface area contributed by atoms with Crippen molar-refractivity contribution in [3.05, 3.63) is 0 Å². The Kier molecular flexibility index (Phi) is 3.24. The molecule has 1 atom stereocenters. The molecule has 0 aromatic carbocycles. The zero-order chi connectivity index (χ0) is 8.15. The highest BCUT2D eigenvalue weighted by Gasteiger charge is 2.10. The third-order valence-electron chi connectivity index (χ3n) is 0.981. The maximum atomic E-state index is 10.1. The van der Waals surface area contributed by atoms with Gasteiger partial charge in [0.2, 0.25) is 0 Å². The lowest BCUT2D eigenvalue weighted by Crippen LogP contribution is -2.29. The first-order valence-electron chi connectivity index (χ1n) is 2.73. The van der Waals surface area contributed by atoms with Crippen LogP contribution in [0.15, 0.2) is 0 Å². The fourth-order valence-corrected chi connectivity index (χ4v) is 0.328. The van der Waals surface area contributed by atoms with Crippen LogP contribution >= 0.6 is 0 Å². The zero-order valence-electron chi connectivity index (χ0n) is 5.50. The van der Waals surface area contributed by atoms with Crippen LogP contribution in [-0.4, -0.2) is 28.8 Å². The van der Waals surface area contributed by atoms with Gasteiger partial charge in [-0.25, -0.2) is 4.79 Å². The summed E-state index contributed by atoms with van der Waals surface area (Å²) < 4.78 is 0. The number of hydrogen-bond acceptors (Lipinski definition) is 2. The summed E-state index contributed by atoms with van der Waals surface area (Å²) in [5, 5.41) is 18.3. The van der Waals surface area contributed by atoms with E-state index in [1.165, 1.54) is 6.92 Å². The number of carboxylic acids is 1. The van der Waals surface area contributed by atoms with Crippen LogP contribution in [0.25, 0.3) is 0 Å². The van der Waals surface area contributed by atoms with Crippen molar-refractivity contribution >= 4 is 12.1 Å². The van der Waals surface area contributed by atoms with Gasteiger partial charge in [-0.1, -0.05) is 6.92 Å². The van der Waals surface area contributed by atoms with E-state index in [2.05, 4.69) is 0 Å². The van der Waals surface area contributed by atoms with Gasteiger partial charge in [-0.2, -0.15) is 0 Å². The lowest BCUT2D eigenvalue weighted by Gasteiger charge is -2.03. The summed E-state index contributed by atoms with van der Waals surface area (Å²) in [6.07, 6.45) is -1.20. The first kappa shape index (κ1) is 8.74. The molecule has 0 unspecified atom stereocenters. The summed E-state index contributed by atoms with van der Waals surface area (Å²) in [7, 11) is 0. The Morgan fingerprint density at radius 3 is 2.30 bits per heavy atom. The monoisotopic (exact) mass is 147 g/mol. The van der Waals surface area contributed by atoms with Crippen LogP contribution in [0.4, 0.5) is 4.79 Å². The molecule has 0 bridgehead atoms.